The van der Waals surface area contributed by atoms with E-state index in [9.17, 15) is 4.79 Å². The molecule has 0 saturated carbocycles. The van der Waals surface area contributed by atoms with E-state index >= 15 is 0 Å². The normalized spacial score (nSPS) is 11.7. The first kappa shape index (κ1) is 19.1. The molecule has 3 aromatic rings. The van der Waals surface area contributed by atoms with Gasteiger partial charge in [-0.05, 0) is 47.5 Å². The van der Waals surface area contributed by atoms with E-state index in [1.54, 1.807) is 24.3 Å². The van der Waals surface area contributed by atoms with Crippen molar-refractivity contribution in [2.45, 2.75) is 19.3 Å². The van der Waals surface area contributed by atoms with Gasteiger partial charge in [-0.1, -0.05) is 58.4 Å². The summed E-state index contributed by atoms with van der Waals surface area (Å²) in [7, 11) is 0. The zero-order valence-electron chi connectivity index (χ0n) is 14.6. The number of carbonyl (C=O) groups is 1. The van der Waals surface area contributed by atoms with E-state index in [-0.39, 0.29) is 11.8 Å². The van der Waals surface area contributed by atoms with Gasteiger partial charge in [-0.25, -0.2) is 4.79 Å². The largest absolute Gasteiger partial charge is 0.478 e. The summed E-state index contributed by atoms with van der Waals surface area (Å²) in [5.41, 5.74) is 3.30. The molecule has 0 aliphatic heterocycles. The van der Waals surface area contributed by atoms with E-state index in [0.717, 1.165) is 21.3 Å². The maximum Gasteiger partial charge on any atom is 0.335 e. The lowest BCUT2D eigenvalue weighted by Crippen LogP contribution is -2.25. The fourth-order valence-electron chi connectivity index (χ4n) is 2.70. The molecular weight excluding hydrogens is 406 g/mol. The van der Waals surface area contributed by atoms with Crippen molar-refractivity contribution >= 4 is 27.6 Å². The van der Waals surface area contributed by atoms with Gasteiger partial charge in [-0.15, -0.1) is 0 Å². The quantitative estimate of drug-likeness (QED) is 0.477. The molecule has 0 aliphatic rings. The smallest absolute Gasteiger partial charge is 0.335 e. The number of anilines is 1. The summed E-state index contributed by atoms with van der Waals surface area (Å²) in [6.45, 7) is 0.486. The standard InChI is InChI=1S/C22H20BrNO3/c23-19-8-4-7-17(13-19)14-21(27-15-16-5-2-1-3-6-16)24-20-11-9-18(10-12-20)22(25)26/h1-13,21,24H,14-15H2,(H,25,26). The molecule has 1 atom stereocenters. The number of carboxylic acids is 1. The number of ether oxygens (including phenoxy) is 1. The monoisotopic (exact) mass is 425 g/mol. The maximum absolute atomic E-state index is 11.0. The Morgan fingerprint density at radius 3 is 2.33 bits per heavy atom. The third-order valence-electron chi connectivity index (χ3n) is 4.06. The Kier molecular flexibility index (Phi) is 6.63. The van der Waals surface area contributed by atoms with Crippen molar-refractivity contribution in [1.82, 2.24) is 0 Å². The Labute approximate surface area is 166 Å². The molecule has 27 heavy (non-hydrogen) atoms. The third-order valence-corrected chi connectivity index (χ3v) is 4.56. The molecule has 0 spiro atoms. The maximum atomic E-state index is 11.0. The Morgan fingerprint density at radius 2 is 1.67 bits per heavy atom. The van der Waals surface area contributed by atoms with Crippen LogP contribution in [0, 0.1) is 0 Å². The van der Waals surface area contributed by atoms with E-state index in [4.69, 9.17) is 9.84 Å². The Hall–Kier alpha value is -2.63. The van der Waals surface area contributed by atoms with Gasteiger partial charge in [0.05, 0.1) is 12.2 Å². The van der Waals surface area contributed by atoms with Gasteiger partial charge < -0.3 is 15.2 Å². The second-order valence-electron chi connectivity index (χ2n) is 6.15. The molecular formula is C22H20BrNO3. The van der Waals surface area contributed by atoms with Gasteiger partial charge in [-0.2, -0.15) is 0 Å². The van der Waals surface area contributed by atoms with Crippen molar-refractivity contribution in [3.8, 4) is 0 Å². The van der Waals surface area contributed by atoms with Gasteiger partial charge in [0.2, 0.25) is 0 Å². The topological polar surface area (TPSA) is 58.6 Å². The lowest BCUT2D eigenvalue weighted by Gasteiger charge is -2.21. The lowest BCUT2D eigenvalue weighted by molar-refractivity contribution is 0.0595. The predicted octanol–water partition coefficient (Wildman–Crippen LogP) is 5.34. The summed E-state index contributed by atoms with van der Waals surface area (Å²) in [4.78, 5) is 11.0. The lowest BCUT2D eigenvalue weighted by atomic mass is 10.1. The highest BCUT2D eigenvalue weighted by atomic mass is 79.9. The molecule has 138 valence electrons. The van der Waals surface area contributed by atoms with Gasteiger partial charge in [0.1, 0.15) is 6.23 Å². The van der Waals surface area contributed by atoms with Gasteiger partial charge in [0.25, 0.3) is 0 Å². The first-order valence-corrected chi connectivity index (χ1v) is 9.39. The first-order chi connectivity index (χ1) is 13.1. The van der Waals surface area contributed by atoms with Gasteiger partial charge in [0.15, 0.2) is 0 Å². The van der Waals surface area contributed by atoms with Crippen LogP contribution in [0.2, 0.25) is 0 Å². The van der Waals surface area contributed by atoms with Crippen molar-refractivity contribution in [1.29, 1.82) is 0 Å². The molecule has 0 fully saturated rings. The van der Waals surface area contributed by atoms with Crippen LogP contribution in [-0.2, 0) is 17.8 Å². The van der Waals surface area contributed by atoms with E-state index in [1.165, 1.54) is 0 Å². The van der Waals surface area contributed by atoms with E-state index in [0.29, 0.717) is 13.0 Å². The summed E-state index contributed by atoms with van der Waals surface area (Å²) >= 11 is 3.50. The Morgan fingerprint density at radius 1 is 0.963 bits per heavy atom. The molecule has 3 rings (SSSR count). The number of rotatable bonds is 8. The molecule has 0 radical (unpaired) electrons. The van der Waals surface area contributed by atoms with E-state index in [1.807, 2.05) is 42.5 Å². The number of nitrogens with one attached hydrogen (secondary N) is 1. The number of benzene rings is 3. The molecule has 2 N–H and O–H groups in total. The molecule has 0 aromatic heterocycles. The van der Waals surface area contributed by atoms with Crippen LogP contribution in [0.4, 0.5) is 5.69 Å². The number of hydrogen-bond donors (Lipinski definition) is 2. The minimum Gasteiger partial charge on any atom is -0.478 e. The van der Waals surface area contributed by atoms with Crippen LogP contribution in [0.5, 0.6) is 0 Å². The second kappa shape index (κ2) is 9.35. The molecule has 0 heterocycles. The zero-order chi connectivity index (χ0) is 19.1. The summed E-state index contributed by atoms with van der Waals surface area (Å²) in [5.74, 6) is -0.937. The summed E-state index contributed by atoms with van der Waals surface area (Å²) in [6.07, 6.45) is 0.419. The molecule has 0 aliphatic carbocycles. The fraction of sp³-hybridized carbons (Fsp3) is 0.136. The molecule has 1 unspecified atom stereocenters. The van der Waals surface area contributed by atoms with Crippen LogP contribution in [0.25, 0.3) is 0 Å². The van der Waals surface area contributed by atoms with Crippen LogP contribution in [0.1, 0.15) is 21.5 Å². The summed E-state index contributed by atoms with van der Waals surface area (Å²) in [5, 5.41) is 12.4. The molecule has 3 aromatic carbocycles. The fourth-order valence-corrected chi connectivity index (χ4v) is 3.14. The average Bonchev–Trinajstić information content (AvgIpc) is 2.67. The van der Waals surface area contributed by atoms with Crippen molar-refractivity contribution in [3.63, 3.8) is 0 Å². The van der Waals surface area contributed by atoms with Crippen molar-refractivity contribution in [2.75, 3.05) is 5.32 Å². The SMILES string of the molecule is O=C(O)c1ccc(NC(Cc2cccc(Br)c2)OCc2ccccc2)cc1. The van der Waals surface area contributed by atoms with Crippen molar-refractivity contribution in [2.24, 2.45) is 0 Å². The van der Waals surface area contributed by atoms with Gasteiger partial charge >= 0.3 is 5.97 Å². The minimum absolute atomic E-state index is 0.254. The highest BCUT2D eigenvalue weighted by molar-refractivity contribution is 9.10. The number of halogens is 1. The van der Waals surface area contributed by atoms with E-state index < -0.39 is 5.97 Å². The summed E-state index contributed by atoms with van der Waals surface area (Å²) in [6, 6.07) is 24.8. The van der Waals surface area contributed by atoms with Crippen LogP contribution >= 0.6 is 15.9 Å². The Bertz CT molecular complexity index is 882. The zero-order valence-corrected chi connectivity index (χ0v) is 16.2. The number of aromatic carboxylic acids is 1. The Balaban J connectivity index is 1.72. The van der Waals surface area contributed by atoms with E-state index in [2.05, 4.69) is 33.4 Å². The van der Waals surface area contributed by atoms with Crippen molar-refractivity contribution < 1.29 is 14.6 Å². The van der Waals surface area contributed by atoms with Crippen LogP contribution in [0.3, 0.4) is 0 Å². The van der Waals surface area contributed by atoms with Crippen LogP contribution in [-0.4, -0.2) is 17.3 Å². The van der Waals surface area contributed by atoms with Crippen LogP contribution < -0.4 is 5.32 Å². The van der Waals surface area contributed by atoms with Crippen molar-refractivity contribution in [3.05, 3.63) is 100 Å². The first-order valence-electron chi connectivity index (χ1n) is 8.60. The molecule has 0 bridgehead atoms. The highest BCUT2D eigenvalue weighted by Crippen LogP contribution is 2.18. The average molecular weight is 426 g/mol. The summed E-state index contributed by atoms with van der Waals surface area (Å²) < 4.78 is 7.13. The predicted molar refractivity (Wildman–Crippen MR) is 110 cm³/mol. The minimum atomic E-state index is -0.937. The number of carboxylic acid groups (broad SMARTS) is 1. The molecule has 5 heteroatoms. The van der Waals surface area contributed by atoms with Gasteiger partial charge in [-0.3, -0.25) is 0 Å². The number of hydrogen-bond acceptors (Lipinski definition) is 3. The highest BCUT2D eigenvalue weighted by Gasteiger charge is 2.12. The van der Waals surface area contributed by atoms with Gasteiger partial charge in [0, 0.05) is 16.6 Å². The molecule has 0 amide bonds. The molecule has 4 nitrogen and oxygen atoms in total. The second-order valence-corrected chi connectivity index (χ2v) is 7.06. The van der Waals surface area contributed by atoms with Crippen LogP contribution in [0.15, 0.2) is 83.3 Å². The third kappa shape index (κ3) is 5.94. The molecule has 0 saturated heterocycles.